The number of hydrogen-bond donors (Lipinski definition) is 3. The van der Waals surface area contributed by atoms with Crippen LogP contribution in [-0.4, -0.2) is 46.2 Å². The van der Waals surface area contributed by atoms with E-state index in [1.165, 1.54) is 12.1 Å². The lowest BCUT2D eigenvalue weighted by atomic mass is 10.1. The molecule has 0 saturated carbocycles. The number of carbonyl (C=O) groups is 1. The first-order valence-corrected chi connectivity index (χ1v) is 9.22. The van der Waals surface area contributed by atoms with Gasteiger partial charge < -0.3 is 25.4 Å². The molecule has 2 aromatic carbocycles. The van der Waals surface area contributed by atoms with Crippen molar-refractivity contribution < 1.29 is 18.7 Å². The Labute approximate surface area is 170 Å². The predicted molar refractivity (Wildman–Crippen MR) is 111 cm³/mol. The standard InChI is InChI=1S/C21H27FN4O3/c1-23-21(26-14-16-6-9-18(28-2)13-19(16)29-3)25-11-10-24-20(27)12-15-4-7-17(22)8-5-15/h4-9,13H,10-12,14H2,1-3H3,(H,24,27)(H2,23,25,26). The van der Waals surface area contributed by atoms with E-state index < -0.39 is 0 Å². The molecule has 0 bridgehead atoms. The van der Waals surface area contributed by atoms with Crippen molar-refractivity contribution in [1.82, 2.24) is 16.0 Å². The Balaban J connectivity index is 1.72. The first kappa shape index (κ1) is 22.0. The van der Waals surface area contributed by atoms with E-state index in [1.807, 2.05) is 18.2 Å². The second kappa shape index (κ2) is 11.5. The van der Waals surface area contributed by atoms with E-state index in [-0.39, 0.29) is 18.1 Å². The third-order valence-corrected chi connectivity index (χ3v) is 4.18. The molecule has 2 aromatic rings. The zero-order valence-electron chi connectivity index (χ0n) is 16.9. The lowest BCUT2D eigenvalue weighted by Crippen LogP contribution is -2.41. The summed E-state index contributed by atoms with van der Waals surface area (Å²) in [7, 11) is 4.89. The molecule has 1 amide bonds. The van der Waals surface area contributed by atoms with Gasteiger partial charge in [0.05, 0.1) is 20.6 Å². The average Bonchev–Trinajstić information content (AvgIpc) is 2.74. The van der Waals surface area contributed by atoms with E-state index in [0.717, 1.165) is 22.6 Å². The highest BCUT2D eigenvalue weighted by Gasteiger charge is 2.07. The van der Waals surface area contributed by atoms with Crippen LogP contribution in [0.15, 0.2) is 47.5 Å². The van der Waals surface area contributed by atoms with Crippen LogP contribution in [0.25, 0.3) is 0 Å². The van der Waals surface area contributed by atoms with Gasteiger partial charge in [0, 0.05) is 38.3 Å². The number of benzene rings is 2. The van der Waals surface area contributed by atoms with Crippen LogP contribution < -0.4 is 25.4 Å². The van der Waals surface area contributed by atoms with Crippen LogP contribution >= 0.6 is 0 Å². The second-order valence-corrected chi connectivity index (χ2v) is 6.18. The number of nitrogens with zero attached hydrogens (tertiary/aromatic N) is 1. The highest BCUT2D eigenvalue weighted by molar-refractivity contribution is 5.80. The summed E-state index contributed by atoms with van der Waals surface area (Å²) in [6, 6.07) is 11.5. The molecule has 0 saturated heterocycles. The molecule has 0 spiro atoms. The summed E-state index contributed by atoms with van der Waals surface area (Å²) in [6.07, 6.45) is 0.213. The molecular formula is C21H27FN4O3. The van der Waals surface area contributed by atoms with Crippen molar-refractivity contribution in [3.63, 3.8) is 0 Å². The van der Waals surface area contributed by atoms with Gasteiger partial charge in [0.25, 0.3) is 0 Å². The third kappa shape index (κ3) is 7.33. The topological polar surface area (TPSA) is 84.0 Å². The molecule has 0 aliphatic rings. The minimum absolute atomic E-state index is 0.121. The summed E-state index contributed by atoms with van der Waals surface area (Å²) in [6.45, 7) is 1.46. The van der Waals surface area contributed by atoms with Gasteiger partial charge >= 0.3 is 0 Å². The van der Waals surface area contributed by atoms with Crippen molar-refractivity contribution in [3.8, 4) is 11.5 Å². The predicted octanol–water partition coefficient (Wildman–Crippen LogP) is 1.87. The molecule has 0 fully saturated rings. The molecule has 0 aliphatic carbocycles. The van der Waals surface area contributed by atoms with Crippen LogP contribution in [-0.2, 0) is 17.8 Å². The smallest absolute Gasteiger partial charge is 0.224 e. The molecule has 0 aromatic heterocycles. The molecule has 2 rings (SSSR count). The van der Waals surface area contributed by atoms with Crippen molar-refractivity contribution in [2.45, 2.75) is 13.0 Å². The fourth-order valence-corrected chi connectivity index (χ4v) is 2.63. The zero-order valence-corrected chi connectivity index (χ0v) is 16.9. The summed E-state index contributed by atoms with van der Waals surface area (Å²) in [4.78, 5) is 16.1. The average molecular weight is 402 g/mol. The van der Waals surface area contributed by atoms with Crippen LogP contribution in [0.1, 0.15) is 11.1 Å². The molecule has 3 N–H and O–H groups in total. The molecule has 0 aliphatic heterocycles. The van der Waals surface area contributed by atoms with Gasteiger partial charge in [-0.15, -0.1) is 0 Å². The molecule has 0 heterocycles. The number of methoxy groups -OCH3 is 2. The zero-order chi connectivity index (χ0) is 21.1. The molecule has 8 heteroatoms. The van der Waals surface area contributed by atoms with Gasteiger partial charge in [-0.25, -0.2) is 4.39 Å². The van der Waals surface area contributed by atoms with E-state index in [9.17, 15) is 9.18 Å². The van der Waals surface area contributed by atoms with Gasteiger partial charge in [0.2, 0.25) is 5.91 Å². The third-order valence-electron chi connectivity index (χ3n) is 4.18. The first-order valence-electron chi connectivity index (χ1n) is 9.22. The normalized spacial score (nSPS) is 11.0. The number of hydrogen-bond acceptors (Lipinski definition) is 4. The summed E-state index contributed by atoms with van der Waals surface area (Å²) in [5.74, 6) is 1.62. The fraction of sp³-hybridized carbons (Fsp3) is 0.333. The number of rotatable bonds is 9. The van der Waals surface area contributed by atoms with Gasteiger partial charge in [-0.2, -0.15) is 0 Å². The molecular weight excluding hydrogens is 375 g/mol. The minimum Gasteiger partial charge on any atom is -0.497 e. The maximum Gasteiger partial charge on any atom is 0.224 e. The number of amides is 1. The van der Waals surface area contributed by atoms with Crippen molar-refractivity contribution >= 4 is 11.9 Å². The highest BCUT2D eigenvalue weighted by Crippen LogP contribution is 2.24. The Morgan fingerprint density at radius 3 is 2.38 bits per heavy atom. The van der Waals surface area contributed by atoms with Crippen LogP contribution in [0.3, 0.4) is 0 Å². The lowest BCUT2D eigenvalue weighted by Gasteiger charge is -2.14. The van der Waals surface area contributed by atoms with Crippen LogP contribution in [0.2, 0.25) is 0 Å². The summed E-state index contributed by atoms with van der Waals surface area (Å²) < 4.78 is 23.5. The van der Waals surface area contributed by atoms with E-state index in [2.05, 4.69) is 20.9 Å². The monoisotopic (exact) mass is 402 g/mol. The largest absolute Gasteiger partial charge is 0.497 e. The Morgan fingerprint density at radius 1 is 1.00 bits per heavy atom. The van der Waals surface area contributed by atoms with Gasteiger partial charge in [-0.1, -0.05) is 12.1 Å². The quantitative estimate of drug-likeness (QED) is 0.339. The number of nitrogens with one attached hydrogen (secondary N) is 3. The first-order chi connectivity index (χ1) is 14.0. The van der Waals surface area contributed by atoms with E-state index in [1.54, 1.807) is 33.4 Å². The number of guanidine groups is 1. The van der Waals surface area contributed by atoms with Gasteiger partial charge in [0.1, 0.15) is 17.3 Å². The lowest BCUT2D eigenvalue weighted by molar-refractivity contribution is -0.120. The summed E-state index contributed by atoms with van der Waals surface area (Å²) in [5, 5.41) is 9.15. The van der Waals surface area contributed by atoms with Crippen LogP contribution in [0.4, 0.5) is 4.39 Å². The van der Waals surface area contributed by atoms with E-state index in [0.29, 0.717) is 25.6 Å². The maximum atomic E-state index is 12.9. The molecule has 156 valence electrons. The Bertz CT molecular complexity index is 825. The second-order valence-electron chi connectivity index (χ2n) is 6.18. The number of ether oxygens (including phenoxy) is 2. The van der Waals surface area contributed by atoms with Crippen molar-refractivity contribution in [1.29, 1.82) is 0 Å². The number of carbonyl (C=O) groups excluding carboxylic acids is 1. The highest BCUT2D eigenvalue weighted by atomic mass is 19.1. The van der Waals surface area contributed by atoms with E-state index >= 15 is 0 Å². The minimum atomic E-state index is -0.315. The number of aliphatic imine (C=N–C) groups is 1. The van der Waals surface area contributed by atoms with Gasteiger partial charge in [-0.05, 0) is 29.8 Å². The Kier molecular flexibility index (Phi) is 8.75. The van der Waals surface area contributed by atoms with Crippen LogP contribution in [0, 0.1) is 5.82 Å². The SMILES string of the molecule is CN=C(NCCNC(=O)Cc1ccc(F)cc1)NCc1ccc(OC)cc1OC. The van der Waals surface area contributed by atoms with Crippen molar-refractivity contribution in [2.24, 2.45) is 4.99 Å². The number of halogens is 1. The van der Waals surface area contributed by atoms with Crippen molar-refractivity contribution in [3.05, 3.63) is 59.4 Å². The van der Waals surface area contributed by atoms with Crippen molar-refractivity contribution in [2.75, 3.05) is 34.4 Å². The summed E-state index contributed by atoms with van der Waals surface area (Å²) >= 11 is 0. The van der Waals surface area contributed by atoms with Gasteiger partial charge in [-0.3, -0.25) is 9.79 Å². The fourth-order valence-electron chi connectivity index (χ4n) is 2.63. The van der Waals surface area contributed by atoms with Gasteiger partial charge in [0.15, 0.2) is 5.96 Å². The maximum absolute atomic E-state index is 12.9. The molecule has 0 atom stereocenters. The molecule has 0 radical (unpaired) electrons. The van der Waals surface area contributed by atoms with E-state index in [4.69, 9.17) is 9.47 Å². The molecule has 0 unspecified atom stereocenters. The Hall–Kier alpha value is -3.29. The summed E-state index contributed by atoms with van der Waals surface area (Å²) in [5.41, 5.74) is 1.73. The molecule has 7 nitrogen and oxygen atoms in total. The van der Waals surface area contributed by atoms with Crippen LogP contribution in [0.5, 0.6) is 11.5 Å². The molecule has 29 heavy (non-hydrogen) atoms. The Morgan fingerprint density at radius 2 is 1.72 bits per heavy atom.